The van der Waals surface area contributed by atoms with Gasteiger partial charge in [-0.15, -0.1) is 0 Å². The van der Waals surface area contributed by atoms with E-state index in [1.807, 2.05) is 0 Å². The minimum Gasteiger partial charge on any atom is -0.476 e. The van der Waals surface area contributed by atoms with Gasteiger partial charge < -0.3 is 21.3 Å². The monoisotopic (exact) mass is 444 g/mol. The first-order chi connectivity index (χ1) is 12.0. The number of aromatic carboxylic acids is 1. The highest BCUT2D eigenvalue weighted by Crippen LogP contribution is 2.29. The Bertz CT molecular complexity index is 882. The molecule has 0 spiro atoms. The van der Waals surface area contributed by atoms with Crippen molar-refractivity contribution < 1.29 is 23.8 Å². The number of pyridine rings is 2. The average Bonchev–Trinajstić information content (AvgIpc) is 2.59. The lowest BCUT2D eigenvalue weighted by Gasteiger charge is -2.05. The van der Waals surface area contributed by atoms with Crippen LogP contribution in [0, 0.1) is 5.82 Å². The van der Waals surface area contributed by atoms with Crippen LogP contribution in [0.3, 0.4) is 0 Å². The number of carboxylic acids is 1. The van der Waals surface area contributed by atoms with Crippen molar-refractivity contribution in [1.29, 1.82) is 0 Å². The largest absolute Gasteiger partial charge is 0.476 e. The maximum atomic E-state index is 13.0. The lowest BCUT2D eigenvalue weighted by molar-refractivity contribution is 0.0593. The number of anilines is 2. The van der Waals surface area contributed by atoms with Crippen molar-refractivity contribution in [2.75, 3.05) is 18.6 Å². The second-order valence-electron chi connectivity index (χ2n) is 4.29. The molecule has 0 amide bonds. The van der Waals surface area contributed by atoms with E-state index >= 15 is 0 Å². The maximum absolute atomic E-state index is 13.0. The first kappa shape index (κ1) is 22.0. The zero-order valence-corrected chi connectivity index (χ0v) is 15.7. The molecule has 0 unspecified atom stereocenters. The molecule has 0 aliphatic carbocycles. The third kappa shape index (κ3) is 4.98. The van der Waals surface area contributed by atoms with Crippen LogP contribution in [0.1, 0.15) is 21.0 Å². The highest BCUT2D eigenvalue weighted by atomic mass is 35.5. The number of nitrogens with zero attached hydrogens (tertiary/aromatic N) is 2. The summed E-state index contributed by atoms with van der Waals surface area (Å²) < 4.78 is 17.3. The van der Waals surface area contributed by atoms with Gasteiger partial charge in [0, 0.05) is 0 Å². The predicted molar refractivity (Wildman–Crippen MR) is 95.6 cm³/mol. The van der Waals surface area contributed by atoms with Crippen molar-refractivity contribution >= 4 is 69.7 Å². The molecule has 13 heteroatoms. The van der Waals surface area contributed by atoms with Gasteiger partial charge in [-0.2, -0.15) is 0 Å². The molecule has 8 nitrogen and oxygen atoms in total. The van der Waals surface area contributed by atoms with Crippen LogP contribution in [0.2, 0.25) is 20.4 Å². The number of hydrogen-bond acceptors (Lipinski definition) is 7. The minimum absolute atomic E-state index is 0.00861. The van der Waals surface area contributed by atoms with E-state index in [0.29, 0.717) is 0 Å². The summed E-state index contributed by atoms with van der Waals surface area (Å²) in [6.45, 7) is 0. The van der Waals surface area contributed by atoms with Crippen LogP contribution in [-0.4, -0.2) is 34.1 Å². The molecule has 0 bridgehead atoms. The fourth-order valence-corrected chi connectivity index (χ4v) is 2.19. The molecule has 0 fully saturated rings. The lowest BCUT2D eigenvalue weighted by Crippen LogP contribution is -2.09. The summed E-state index contributed by atoms with van der Waals surface area (Å²) in [7, 11) is 1.13. The first-order valence-corrected chi connectivity index (χ1v) is 7.75. The van der Waals surface area contributed by atoms with E-state index in [9.17, 15) is 14.0 Å². The molecular weight excluding hydrogens is 437 g/mol. The average molecular weight is 446 g/mol. The lowest BCUT2D eigenvalue weighted by atomic mass is 10.3. The number of nitrogens with two attached hydrogens (primary N) is 2. The minimum atomic E-state index is -1.26. The molecule has 0 saturated carbocycles. The number of aromatic nitrogens is 2. The smallest absolute Gasteiger partial charge is 0.358 e. The molecule has 0 aliphatic rings. The van der Waals surface area contributed by atoms with Gasteiger partial charge in [0.25, 0.3) is 0 Å². The van der Waals surface area contributed by atoms with Crippen LogP contribution in [-0.2, 0) is 4.74 Å². The van der Waals surface area contributed by atoms with Crippen molar-refractivity contribution in [2.24, 2.45) is 0 Å². The van der Waals surface area contributed by atoms with Gasteiger partial charge in [0.05, 0.1) is 28.5 Å². The van der Waals surface area contributed by atoms with Gasteiger partial charge in [-0.25, -0.2) is 23.9 Å². The van der Waals surface area contributed by atoms with E-state index in [1.165, 1.54) is 6.07 Å². The van der Waals surface area contributed by atoms with Gasteiger partial charge in [-0.05, 0) is 6.07 Å². The number of methoxy groups -OCH3 is 1. The molecule has 2 heterocycles. The molecule has 0 atom stereocenters. The number of ether oxygens (including phenoxy) is 1. The molecule has 0 radical (unpaired) electrons. The zero-order valence-electron chi connectivity index (χ0n) is 12.7. The van der Waals surface area contributed by atoms with E-state index in [2.05, 4.69) is 14.7 Å². The van der Waals surface area contributed by atoms with Crippen molar-refractivity contribution in [2.45, 2.75) is 0 Å². The quantitative estimate of drug-likeness (QED) is 0.470. The highest BCUT2D eigenvalue weighted by molar-refractivity contribution is 6.37. The summed E-state index contributed by atoms with van der Waals surface area (Å²) in [6.07, 6.45) is 0. The number of hydrogen-bond donors (Lipinski definition) is 3. The second kappa shape index (κ2) is 9.04. The van der Waals surface area contributed by atoms with Crippen LogP contribution in [0.4, 0.5) is 15.8 Å². The Kier molecular flexibility index (Phi) is 7.64. The van der Waals surface area contributed by atoms with E-state index in [0.717, 1.165) is 7.11 Å². The molecule has 2 rings (SSSR count). The number of carbonyl (C=O) groups excluding carboxylic acids is 1. The van der Waals surface area contributed by atoms with Gasteiger partial charge in [-0.3, -0.25) is 0 Å². The van der Waals surface area contributed by atoms with Crippen molar-refractivity contribution in [3.8, 4) is 0 Å². The van der Waals surface area contributed by atoms with Crippen LogP contribution in [0.5, 0.6) is 0 Å². The highest BCUT2D eigenvalue weighted by Gasteiger charge is 2.20. The van der Waals surface area contributed by atoms with Gasteiger partial charge in [0.2, 0.25) is 0 Å². The van der Waals surface area contributed by atoms with Gasteiger partial charge >= 0.3 is 11.9 Å². The van der Waals surface area contributed by atoms with Crippen molar-refractivity contribution in [3.05, 3.63) is 43.6 Å². The van der Waals surface area contributed by atoms with Crippen LogP contribution in [0.25, 0.3) is 0 Å². The molecule has 0 saturated heterocycles. The van der Waals surface area contributed by atoms with Gasteiger partial charge in [0.15, 0.2) is 22.4 Å². The van der Waals surface area contributed by atoms with Crippen molar-refractivity contribution in [1.82, 2.24) is 9.97 Å². The third-order valence-electron chi connectivity index (χ3n) is 2.61. The summed E-state index contributed by atoms with van der Waals surface area (Å²) in [5.74, 6) is -3.04. The molecule has 0 aromatic carbocycles. The topological polar surface area (TPSA) is 141 Å². The first-order valence-electron chi connectivity index (χ1n) is 6.24. The third-order valence-corrected chi connectivity index (χ3v) is 3.83. The van der Waals surface area contributed by atoms with Crippen LogP contribution < -0.4 is 11.5 Å². The summed E-state index contributed by atoms with van der Waals surface area (Å²) in [5.41, 5.74) is 9.62. The molecule has 5 N–H and O–H groups in total. The number of rotatable bonds is 2. The van der Waals surface area contributed by atoms with Gasteiger partial charge in [0.1, 0.15) is 5.15 Å². The standard InChI is InChI=1S/C7H5Cl2FN2O2.C6H4Cl2N2O2/c1-14-7(13)5-2(8)4(11)3(10)6(9)12-5;7-3-1-2(9)4(8)5(10-3)6(11)12/h1H3,(H2,11,12);1H,(H2,9,10)(H,11,12). The Morgan fingerprint density at radius 3 is 2.19 bits per heavy atom. The fraction of sp³-hybridized carbons (Fsp3) is 0.0769. The molecule has 2 aromatic heterocycles. The predicted octanol–water partition coefficient (Wildman–Crippen LogP) is 3.57. The molecule has 0 aliphatic heterocycles. The Balaban J connectivity index is 0.000000263. The Morgan fingerprint density at radius 1 is 1.12 bits per heavy atom. The Hall–Kier alpha value is -2.07. The molecule has 26 heavy (non-hydrogen) atoms. The SMILES string of the molecule is COC(=O)c1nc(Cl)c(F)c(N)c1Cl.Nc1cc(Cl)nc(C(=O)O)c1Cl. The fourth-order valence-electron chi connectivity index (χ4n) is 1.42. The van der Waals surface area contributed by atoms with Crippen LogP contribution >= 0.6 is 46.4 Å². The van der Waals surface area contributed by atoms with Crippen LogP contribution in [0.15, 0.2) is 6.07 Å². The summed E-state index contributed by atoms with van der Waals surface area (Å²) in [5, 5.41) is 7.64. The molecule has 140 valence electrons. The number of carboxylic acid groups (broad SMARTS) is 1. The number of carbonyl (C=O) groups is 2. The normalized spacial score (nSPS) is 9.92. The number of nitrogen functional groups attached to an aromatic ring is 2. The number of esters is 1. The summed E-state index contributed by atoms with van der Waals surface area (Å²) in [4.78, 5) is 28.4. The zero-order chi connectivity index (χ0) is 20.2. The molecule has 2 aromatic rings. The van der Waals surface area contributed by atoms with Gasteiger partial charge in [-0.1, -0.05) is 46.4 Å². The summed E-state index contributed by atoms with van der Waals surface area (Å²) in [6, 6.07) is 1.29. The maximum Gasteiger partial charge on any atom is 0.358 e. The number of halogens is 5. The Morgan fingerprint density at radius 2 is 1.69 bits per heavy atom. The van der Waals surface area contributed by atoms with E-state index in [-0.39, 0.29) is 32.3 Å². The second-order valence-corrected chi connectivity index (χ2v) is 5.79. The Labute approximate surface area is 165 Å². The van der Waals surface area contributed by atoms with Crippen molar-refractivity contribution in [3.63, 3.8) is 0 Å². The van der Waals surface area contributed by atoms with E-state index < -0.39 is 28.6 Å². The van der Waals surface area contributed by atoms with E-state index in [4.69, 9.17) is 63.0 Å². The molecular formula is C13H9Cl4FN4O4. The summed E-state index contributed by atoms with van der Waals surface area (Å²) >= 11 is 21.9. The van der Waals surface area contributed by atoms with E-state index in [1.54, 1.807) is 0 Å².